The van der Waals surface area contributed by atoms with Crippen LogP contribution in [0.15, 0.2) is 59.8 Å². The highest BCUT2D eigenvalue weighted by molar-refractivity contribution is 8.18. The van der Waals surface area contributed by atoms with E-state index in [1.54, 1.807) is 49.8 Å². The minimum atomic E-state index is -0.483. The van der Waals surface area contributed by atoms with Gasteiger partial charge in [0.15, 0.2) is 0 Å². The largest absolute Gasteiger partial charge is 0.497 e. The number of imide groups is 1. The van der Waals surface area contributed by atoms with E-state index in [9.17, 15) is 14.4 Å². The summed E-state index contributed by atoms with van der Waals surface area (Å²) in [4.78, 5) is 43.0. The third-order valence-electron chi connectivity index (χ3n) is 5.23. The molecule has 0 bridgehead atoms. The molecule has 1 saturated heterocycles. The summed E-state index contributed by atoms with van der Waals surface area (Å²) in [5, 5.41) is 2.21. The Morgan fingerprint density at radius 1 is 1.12 bits per heavy atom. The zero-order valence-electron chi connectivity index (χ0n) is 18.4. The number of amides is 3. The van der Waals surface area contributed by atoms with Crippen molar-refractivity contribution >= 4 is 40.6 Å². The number of nitrogens with zero attached hydrogens (tertiary/aromatic N) is 3. The van der Waals surface area contributed by atoms with Crippen molar-refractivity contribution in [2.45, 2.75) is 13.8 Å². The van der Waals surface area contributed by atoms with E-state index in [0.29, 0.717) is 11.4 Å². The molecule has 33 heavy (non-hydrogen) atoms. The van der Waals surface area contributed by atoms with Crippen LogP contribution in [0.5, 0.6) is 5.75 Å². The summed E-state index contributed by atoms with van der Waals surface area (Å²) in [6.45, 7) is 3.57. The van der Waals surface area contributed by atoms with E-state index in [4.69, 9.17) is 4.74 Å². The highest BCUT2D eigenvalue weighted by Crippen LogP contribution is 2.33. The molecule has 0 spiro atoms. The first kappa shape index (κ1) is 22.3. The SMILES string of the molecule is COc1ccc(NC(=O)CN2C(=O)S/C(=C/c3cc(C)n(-c4ccncc4)c3C)C2=O)cc1. The van der Waals surface area contributed by atoms with E-state index in [2.05, 4.69) is 14.9 Å². The van der Waals surface area contributed by atoms with Gasteiger partial charge >= 0.3 is 0 Å². The van der Waals surface area contributed by atoms with Crippen molar-refractivity contribution in [3.8, 4) is 11.4 Å². The molecular weight excluding hydrogens is 440 g/mol. The van der Waals surface area contributed by atoms with Gasteiger partial charge in [-0.1, -0.05) is 0 Å². The van der Waals surface area contributed by atoms with Crippen LogP contribution in [-0.2, 0) is 9.59 Å². The standard InChI is InChI=1S/C24H22N4O4S/c1-15-12-17(16(2)28(15)19-8-10-25-11-9-19)13-21-23(30)27(24(31)33-21)14-22(29)26-18-4-6-20(32-3)7-5-18/h4-13H,14H2,1-3H3,(H,26,29)/b21-13+. The van der Waals surface area contributed by atoms with E-state index in [1.807, 2.05) is 32.0 Å². The average Bonchev–Trinajstić information content (AvgIpc) is 3.24. The summed E-state index contributed by atoms with van der Waals surface area (Å²) in [5.41, 5.74) is 4.26. The number of hydrogen-bond acceptors (Lipinski definition) is 6. The first-order valence-corrected chi connectivity index (χ1v) is 11.0. The first-order chi connectivity index (χ1) is 15.9. The number of aryl methyl sites for hydroxylation is 1. The summed E-state index contributed by atoms with van der Waals surface area (Å²) < 4.78 is 7.14. The predicted molar refractivity (Wildman–Crippen MR) is 127 cm³/mol. The average molecular weight is 463 g/mol. The maximum Gasteiger partial charge on any atom is 0.294 e. The molecule has 3 heterocycles. The number of carbonyl (C=O) groups excluding carboxylic acids is 3. The molecule has 0 aliphatic carbocycles. The molecule has 3 amide bonds. The van der Waals surface area contributed by atoms with Gasteiger partial charge in [-0.2, -0.15) is 0 Å². The number of aromatic nitrogens is 2. The summed E-state index contributed by atoms with van der Waals surface area (Å²) in [6, 6.07) is 12.5. The number of ether oxygens (including phenoxy) is 1. The molecule has 1 aromatic carbocycles. The van der Waals surface area contributed by atoms with Gasteiger partial charge in [-0.25, -0.2) is 0 Å². The number of nitrogens with one attached hydrogen (secondary N) is 1. The number of thioether (sulfide) groups is 1. The zero-order chi connectivity index (χ0) is 23.5. The molecule has 168 valence electrons. The molecule has 1 fully saturated rings. The van der Waals surface area contributed by atoms with Crippen molar-refractivity contribution in [2.75, 3.05) is 19.0 Å². The van der Waals surface area contributed by atoms with E-state index in [1.165, 1.54) is 0 Å². The van der Waals surface area contributed by atoms with Gasteiger partial charge in [0.25, 0.3) is 11.1 Å². The van der Waals surface area contributed by atoms with Gasteiger partial charge in [-0.3, -0.25) is 24.3 Å². The van der Waals surface area contributed by atoms with Crippen LogP contribution in [0.2, 0.25) is 0 Å². The highest BCUT2D eigenvalue weighted by atomic mass is 32.2. The van der Waals surface area contributed by atoms with Gasteiger partial charge in [0.05, 0.1) is 12.0 Å². The third-order valence-corrected chi connectivity index (χ3v) is 6.13. The summed E-state index contributed by atoms with van der Waals surface area (Å²) in [7, 11) is 1.55. The maximum absolute atomic E-state index is 12.9. The van der Waals surface area contributed by atoms with Crippen LogP contribution < -0.4 is 10.1 Å². The fourth-order valence-corrected chi connectivity index (χ4v) is 4.45. The minimum absolute atomic E-state index is 0.284. The lowest BCUT2D eigenvalue weighted by molar-refractivity contribution is -0.127. The van der Waals surface area contributed by atoms with E-state index in [-0.39, 0.29) is 11.4 Å². The van der Waals surface area contributed by atoms with Gasteiger partial charge in [0.1, 0.15) is 12.3 Å². The van der Waals surface area contributed by atoms with Crippen molar-refractivity contribution < 1.29 is 19.1 Å². The van der Waals surface area contributed by atoms with E-state index >= 15 is 0 Å². The molecule has 1 aliphatic rings. The van der Waals surface area contributed by atoms with Crippen LogP contribution in [0, 0.1) is 13.8 Å². The number of hydrogen-bond donors (Lipinski definition) is 1. The second-order valence-corrected chi connectivity index (χ2v) is 8.41. The zero-order valence-corrected chi connectivity index (χ0v) is 19.2. The Balaban J connectivity index is 1.49. The third kappa shape index (κ3) is 4.68. The number of rotatable bonds is 6. The number of methoxy groups -OCH3 is 1. The second-order valence-electron chi connectivity index (χ2n) is 7.41. The van der Waals surface area contributed by atoms with Crippen LogP contribution in [0.3, 0.4) is 0 Å². The molecule has 3 aromatic rings. The number of benzene rings is 1. The molecule has 0 radical (unpaired) electrons. The Morgan fingerprint density at radius 3 is 2.48 bits per heavy atom. The molecule has 9 heteroatoms. The monoisotopic (exact) mass is 462 g/mol. The van der Waals surface area contributed by atoms with Crippen LogP contribution in [-0.4, -0.2) is 45.2 Å². The van der Waals surface area contributed by atoms with Gasteiger partial charge in [0, 0.05) is 35.2 Å². The lowest BCUT2D eigenvalue weighted by Gasteiger charge is -2.12. The minimum Gasteiger partial charge on any atom is -0.497 e. The Morgan fingerprint density at radius 2 is 1.82 bits per heavy atom. The summed E-state index contributed by atoms with van der Waals surface area (Å²) in [6.07, 6.45) is 5.14. The summed E-state index contributed by atoms with van der Waals surface area (Å²) in [5.74, 6) is -0.282. The van der Waals surface area contributed by atoms with Crippen LogP contribution in [0.4, 0.5) is 10.5 Å². The maximum atomic E-state index is 12.9. The van der Waals surface area contributed by atoms with Crippen molar-refractivity contribution in [3.63, 3.8) is 0 Å². The van der Waals surface area contributed by atoms with Crippen LogP contribution in [0.1, 0.15) is 17.0 Å². The van der Waals surface area contributed by atoms with E-state index < -0.39 is 17.1 Å². The number of anilines is 1. The molecule has 4 rings (SSSR count). The van der Waals surface area contributed by atoms with Gasteiger partial charge < -0.3 is 14.6 Å². The molecule has 8 nitrogen and oxygen atoms in total. The smallest absolute Gasteiger partial charge is 0.294 e. The van der Waals surface area contributed by atoms with Crippen molar-refractivity contribution in [3.05, 3.63) is 76.7 Å². The van der Waals surface area contributed by atoms with E-state index in [0.717, 1.165) is 39.3 Å². The lowest BCUT2D eigenvalue weighted by Crippen LogP contribution is -2.36. The number of pyridine rings is 1. The highest BCUT2D eigenvalue weighted by Gasteiger charge is 2.36. The Kier molecular flexibility index (Phi) is 6.32. The fraction of sp³-hybridized carbons (Fsp3) is 0.167. The topological polar surface area (TPSA) is 93.5 Å². The molecule has 0 saturated carbocycles. The fourth-order valence-electron chi connectivity index (χ4n) is 3.62. The Bertz CT molecular complexity index is 1250. The Labute approximate surface area is 195 Å². The predicted octanol–water partition coefficient (Wildman–Crippen LogP) is 4.17. The van der Waals surface area contributed by atoms with Gasteiger partial charge in [0.2, 0.25) is 5.91 Å². The number of carbonyl (C=O) groups is 3. The summed E-state index contributed by atoms with van der Waals surface area (Å²) >= 11 is 0.832. The lowest BCUT2D eigenvalue weighted by atomic mass is 10.2. The molecule has 1 aliphatic heterocycles. The molecule has 2 aromatic heterocycles. The van der Waals surface area contributed by atoms with Crippen molar-refractivity contribution in [1.29, 1.82) is 0 Å². The molecule has 1 N–H and O–H groups in total. The quantitative estimate of drug-likeness (QED) is 0.553. The molecule has 0 atom stereocenters. The van der Waals surface area contributed by atoms with Gasteiger partial charge in [-0.15, -0.1) is 0 Å². The van der Waals surface area contributed by atoms with Crippen LogP contribution >= 0.6 is 11.8 Å². The van der Waals surface area contributed by atoms with Crippen molar-refractivity contribution in [1.82, 2.24) is 14.5 Å². The molecular formula is C24H22N4O4S. The second kappa shape index (κ2) is 9.33. The Hall–Kier alpha value is -3.85. The normalized spacial score (nSPS) is 14.8. The van der Waals surface area contributed by atoms with Gasteiger partial charge in [-0.05, 0) is 79.7 Å². The van der Waals surface area contributed by atoms with Crippen LogP contribution in [0.25, 0.3) is 11.8 Å². The molecule has 0 unspecified atom stereocenters. The first-order valence-electron chi connectivity index (χ1n) is 10.2. The van der Waals surface area contributed by atoms with Crippen molar-refractivity contribution in [2.24, 2.45) is 0 Å².